The molecule has 1 aliphatic rings. The van der Waals surface area contributed by atoms with E-state index < -0.39 is 17.5 Å². The van der Waals surface area contributed by atoms with Gasteiger partial charge in [-0.15, -0.1) is 0 Å². The monoisotopic (exact) mass is 706 g/mol. The lowest BCUT2D eigenvalue weighted by Crippen LogP contribution is -2.36. The van der Waals surface area contributed by atoms with Crippen molar-refractivity contribution in [3.8, 4) is 0 Å². The van der Waals surface area contributed by atoms with Crippen LogP contribution in [0.4, 0.5) is 0 Å². The molecular weight excluding hydrogens is 656 g/mol. The Morgan fingerprint density at radius 1 is 0.700 bits per heavy atom. The number of carbonyl (C=O) groups excluding carboxylic acids is 2. The van der Waals surface area contributed by atoms with Crippen molar-refractivity contribution in [1.29, 1.82) is 0 Å². The van der Waals surface area contributed by atoms with Crippen molar-refractivity contribution in [1.82, 2.24) is 10.6 Å². The van der Waals surface area contributed by atoms with Gasteiger partial charge < -0.3 is 30.0 Å². The average molecular weight is 707 g/mol. The van der Waals surface area contributed by atoms with Crippen LogP contribution in [0.2, 0.25) is 5.02 Å². The molecule has 1 atom stereocenters. The Labute approximate surface area is 301 Å². The van der Waals surface area contributed by atoms with Crippen LogP contribution < -0.4 is 10.6 Å². The maximum absolute atomic E-state index is 13.6. The smallest absolute Gasteiger partial charge is 0.309 e. The van der Waals surface area contributed by atoms with Crippen LogP contribution in [0.25, 0.3) is 0 Å². The van der Waals surface area contributed by atoms with E-state index in [4.69, 9.17) is 30.9 Å². The molecular formula is C40H51ClN2O7. The topological polar surface area (TPSA) is 123 Å². The van der Waals surface area contributed by atoms with Crippen molar-refractivity contribution in [3.63, 3.8) is 0 Å². The normalized spacial score (nSPS) is 15.0. The van der Waals surface area contributed by atoms with Gasteiger partial charge in [0.25, 0.3) is 0 Å². The van der Waals surface area contributed by atoms with E-state index in [1.165, 1.54) is 50.5 Å². The van der Waals surface area contributed by atoms with Crippen LogP contribution in [0.15, 0.2) is 78.9 Å². The molecule has 1 aliphatic carbocycles. The zero-order valence-electron chi connectivity index (χ0n) is 28.9. The maximum atomic E-state index is 13.6. The summed E-state index contributed by atoms with van der Waals surface area (Å²) < 4.78 is 17.6. The molecule has 1 unspecified atom stereocenters. The fraction of sp³-hybridized carbons (Fsp3) is 0.475. The third-order valence-electron chi connectivity index (χ3n) is 9.03. The van der Waals surface area contributed by atoms with Crippen LogP contribution in [-0.4, -0.2) is 69.0 Å². The van der Waals surface area contributed by atoms with E-state index in [1.54, 1.807) is 0 Å². The fourth-order valence-corrected chi connectivity index (χ4v) is 6.68. The number of hydrogen-bond donors (Lipinski definition) is 3. The summed E-state index contributed by atoms with van der Waals surface area (Å²) >= 11 is 6.86. The minimum Gasteiger partial charge on any atom is -0.481 e. The van der Waals surface area contributed by atoms with Gasteiger partial charge >= 0.3 is 11.9 Å². The molecule has 3 aromatic carbocycles. The van der Waals surface area contributed by atoms with E-state index in [0.717, 1.165) is 11.1 Å². The molecule has 1 saturated carbocycles. The van der Waals surface area contributed by atoms with Gasteiger partial charge in [-0.1, -0.05) is 117 Å². The van der Waals surface area contributed by atoms with Gasteiger partial charge in [-0.25, -0.2) is 0 Å². The van der Waals surface area contributed by atoms with Crippen LogP contribution in [-0.2, 0) is 34.2 Å². The minimum absolute atomic E-state index is 0.0154. The fourth-order valence-electron chi connectivity index (χ4n) is 6.41. The number of halogens is 1. The highest BCUT2D eigenvalue weighted by molar-refractivity contribution is 6.31. The summed E-state index contributed by atoms with van der Waals surface area (Å²) in [6, 6.07) is 25.8. The second-order valence-electron chi connectivity index (χ2n) is 12.6. The Kier molecular flexibility index (Phi) is 16.7. The van der Waals surface area contributed by atoms with E-state index in [9.17, 15) is 14.4 Å². The van der Waals surface area contributed by atoms with E-state index >= 15 is 0 Å². The van der Waals surface area contributed by atoms with Crippen LogP contribution in [0.1, 0.15) is 92.4 Å². The molecule has 0 bridgehead atoms. The Bertz CT molecular complexity index is 1460. The molecule has 0 aliphatic heterocycles. The predicted molar refractivity (Wildman–Crippen MR) is 194 cm³/mol. The van der Waals surface area contributed by atoms with E-state index in [-0.39, 0.29) is 45.0 Å². The van der Waals surface area contributed by atoms with Crippen LogP contribution in [0.5, 0.6) is 0 Å². The minimum atomic E-state index is -1.28. The lowest BCUT2D eigenvalue weighted by atomic mass is 9.78. The lowest BCUT2D eigenvalue weighted by Gasteiger charge is -2.36. The molecule has 0 spiro atoms. The summed E-state index contributed by atoms with van der Waals surface area (Å²) in [7, 11) is 0. The van der Waals surface area contributed by atoms with Gasteiger partial charge in [-0.3, -0.25) is 14.4 Å². The van der Waals surface area contributed by atoms with Gasteiger partial charge in [0.05, 0.1) is 39.3 Å². The molecule has 4 rings (SSSR count). The van der Waals surface area contributed by atoms with Crippen LogP contribution in [0.3, 0.4) is 0 Å². The molecule has 10 heteroatoms. The zero-order valence-corrected chi connectivity index (χ0v) is 29.6. The third-order valence-corrected chi connectivity index (χ3v) is 9.36. The summed E-state index contributed by atoms with van der Waals surface area (Å²) in [5.74, 6) is -0.927. The van der Waals surface area contributed by atoms with Gasteiger partial charge in [-0.2, -0.15) is 0 Å². The number of hydrogen-bond acceptors (Lipinski definition) is 7. The summed E-state index contributed by atoms with van der Waals surface area (Å²) in [5, 5.41) is 14.9. The number of aliphatic carboxylic acids is 1. The molecule has 9 nitrogen and oxygen atoms in total. The molecule has 270 valence electrons. The summed E-state index contributed by atoms with van der Waals surface area (Å²) in [6.45, 7) is 2.20. The second-order valence-corrected chi connectivity index (χ2v) is 13.0. The Morgan fingerprint density at radius 2 is 1.32 bits per heavy atom. The summed E-state index contributed by atoms with van der Waals surface area (Å²) in [6.07, 6.45) is 9.06. The molecule has 3 aromatic rings. The molecule has 0 aromatic heterocycles. The second kappa shape index (κ2) is 21.5. The van der Waals surface area contributed by atoms with E-state index in [0.29, 0.717) is 42.7 Å². The lowest BCUT2D eigenvalue weighted by molar-refractivity contribution is -0.154. The van der Waals surface area contributed by atoms with Crippen molar-refractivity contribution < 1.29 is 33.7 Å². The molecule has 1 amide bonds. The SMILES string of the molecule is O=C(O)CCNCCOCCC(=O)NCCOCCC(=O)OC(c1ccccc1)(c1ccc(C2CCCCCCC2)cc1)c1ccccc1Cl. The standard InChI is InChI=1S/C40H51ClN2O7/c41-36-16-10-9-15-35(36)40(33-13-7-4-8-14-33,34-19-17-32(18-20-34)31-11-5-2-1-3-6-12-31)50-39(47)23-28-49-30-26-43-37(44)22-27-48-29-25-42-24-21-38(45)46/h4,7-10,13-20,31,42H,1-3,5-6,11-12,21-30H2,(H,43,44)(H,45,46). The maximum Gasteiger partial charge on any atom is 0.309 e. The van der Waals surface area contributed by atoms with Crippen molar-refractivity contribution in [2.75, 3.05) is 46.1 Å². The third kappa shape index (κ3) is 12.2. The van der Waals surface area contributed by atoms with Crippen molar-refractivity contribution in [2.24, 2.45) is 0 Å². The number of rotatable bonds is 20. The molecule has 0 saturated heterocycles. The summed E-state index contributed by atoms with van der Waals surface area (Å²) in [4.78, 5) is 36.2. The Balaban J connectivity index is 1.34. The highest BCUT2D eigenvalue weighted by Gasteiger charge is 2.42. The quantitative estimate of drug-likeness (QED) is 0.0653. The number of esters is 1. The first-order valence-electron chi connectivity index (χ1n) is 17.9. The average Bonchev–Trinajstić information content (AvgIpc) is 3.10. The number of carbonyl (C=O) groups is 3. The largest absolute Gasteiger partial charge is 0.481 e. The van der Waals surface area contributed by atoms with Crippen molar-refractivity contribution in [3.05, 3.63) is 106 Å². The van der Waals surface area contributed by atoms with Crippen molar-refractivity contribution in [2.45, 2.75) is 75.7 Å². The number of carboxylic acids is 1. The number of ether oxygens (including phenoxy) is 3. The van der Waals surface area contributed by atoms with Gasteiger partial charge in [0, 0.05) is 47.8 Å². The number of carboxylic acid groups (broad SMARTS) is 1. The first-order chi connectivity index (χ1) is 24.4. The van der Waals surface area contributed by atoms with E-state index in [1.807, 2.05) is 54.6 Å². The van der Waals surface area contributed by atoms with Gasteiger partial charge in [-0.05, 0) is 30.4 Å². The van der Waals surface area contributed by atoms with Gasteiger partial charge in [0.2, 0.25) is 5.91 Å². The number of benzene rings is 3. The number of nitrogens with one attached hydrogen (secondary N) is 2. The zero-order chi connectivity index (χ0) is 35.4. The van der Waals surface area contributed by atoms with Crippen LogP contribution in [0, 0.1) is 0 Å². The van der Waals surface area contributed by atoms with Gasteiger partial charge in [0.15, 0.2) is 5.60 Å². The van der Waals surface area contributed by atoms with Gasteiger partial charge in [0.1, 0.15) is 0 Å². The Hall–Kier alpha value is -3.76. The molecule has 1 fully saturated rings. The highest BCUT2D eigenvalue weighted by Crippen LogP contribution is 2.44. The first-order valence-corrected chi connectivity index (χ1v) is 18.3. The highest BCUT2D eigenvalue weighted by atomic mass is 35.5. The molecule has 0 radical (unpaired) electrons. The Morgan fingerprint density at radius 3 is 2.02 bits per heavy atom. The first kappa shape index (κ1) is 39.0. The van der Waals surface area contributed by atoms with E-state index in [2.05, 4.69) is 34.9 Å². The predicted octanol–water partition coefficient (Wildman–Crippen LogP) is 7.00. The molecule has 3 N–H and O–H groups in total. The molecule has 50 heavy (non-hydrogen) atoms. The van der Waals surface area contributed by atoms with Crippen LogP contribution >= 0.6 is 11.6 Å². The summed E-state index contributed by atoms with van der Waals surface area (Å²) in [5.41, 5.74) is 2.34. The number of amides is 1. The molecule has 0 heterocycles. The van der Waals surface area contributed by atoms with Crippen molar-refractivity contribution >= 4 is 29.4 Å².